The van der Waals surface area contributed by atoms with Crippen LogP contribution in [0.2, 0.25) is 0 Å². The van der Waals surface area contributed by atoms with Crippen LogP contribution in [-0.4, -0.2) is 28.6 Å². The number of aliphatic carboxylic acids is 1. The number of nitrogens with zero attached hydrogens (tertiary/aromatic N) is 1. The van der Waals surface area contributed by atoms with Gasteiger partial charge in [0.1, 0.15) is 0 Å². The molecule has 0 aliphatic rings. The third-order valence-electron chi connectivity index (χ3n) is 2.83. The summed E-state index contributed by atoms with van der Waals surface area (Å²) in [6.07, 6.45) is 0. The van der Waals surface area contributed by atoms with Crippen LogP contribution in [0.25, 0.3) is 0 Å². The fourth-order valence-electron chi connectivity index (χ4n) is 1.86. The fraction of sp³-hybridized carbons (Fsp3) is 0.462. The van der Waals surface area contributed by atoms with Gasteiger partial charge < -0.3 is 5.11 Å². The summed E-state index contributed by atoms with van der Waals surface area (Å²) in [5, 5.41) is 8.92. The summed E-state index contributed by atoms with van der Waals surface area (Å²) in [6.45, 7) is 6.12. The summed E-state index contributed by atoms with van der Waals surface area (Å²) in [5.74, 6) is -0.789. The highest BCUT2D eigenvalue weighted by atomic mass is 79.9. The molecule has 0 spiro atoms. The minimum atomic E-state index is -0.789. The molecule has 0 heterocycles. The van der Waals surface area contributed by atoms with Gasteiger partial charge in [-0.25, -0.2) is 0 Å². The molecular weight excluding hydrogens is 282 g/mol. The number of benzene rings is 1. The van der Waals surface area contributed by atoms with Gasteiger partial charge in [0.15, 0.2) is 0 Å². The van der Waals surface area contributed by atoms with Crippen molar-refractivity contribution in [2.75, 3.05) is 6.54 Å². The van der Waals surface area contributed by atoms with Crippen molar-refractivity contribution in [3.63, 3.8) is 0 Å². The first-order chi connectivity index (χ1) is 7.91. The number of halogens is 1. The topological polar surface area (TPSA) is 40.5 Å². The van der Waals surface area contributed by atoms with Gasteiger partial charge in [-0.3, -0.25) is 9.69 Å². The van der Waals surface area contributed by atoms with E-state index in [1.54, 1.807) is 0 Å². The normalized spacial score (nSPS) is 13.1. The highest BCUT2D eigenvalue weighted by Crippen LogP contribution is 2.23. The first kappa shape index (κ1) is 14.2. The van der Waals surface area contributed by atoms with Crippen LogP contribution in [-0.2, 0) is 4.79 Å². The molecule has 17 heavy (non-hydrogen) atoms. The minimum Gasteiger partial charge on any atom is -0.480 e. The number of hydrogen-bond acceptors (Lipinski definition) is 2. The maximum atomic E-state index is 10.9. The van der Waals surface area contributed by atoms with Crippen molar-refractivity contribution in [3.05, 3.63) is 34.3 Å². The Morgan fingerprint density at radius 1 is 1.29 bits per heavy atom. The van der Waals surface area contributed by atoms with Crippen LogP contribution in [0.5, 0.6) is 0 Å². The number of carboxylic acids is 1. The lowest BCUT2D eigenvalue weighted by atomic mass is 10.1. The summed E-state index contributed by atoms with van der Waals surface area (Å²) < 4.78 is 1.03. The zero-order valence-electron chi connectivity index (χ0n) is 10.4. The van der Waals surface area contributed by atoms with E-state index in [2.05, 4.69) is 15.9 Å². The van der Waals surface area contributed by atoms with Crippen LogP contribution in [0.4, 0.5) is 0 Å². The largest absolute Gasteiger partial charge is 0.480 e. The summed E-state index contributed by atoms with van der Waals surface area (Å²) in [4.78, 5) is 12.8. The number of rotatable bonds is 5. The molecule has 94 valence electrons. The highest BCUT2D eigenvalue weighted by Gasteiger charge is 2.20. The van der Waals surface area contributed by atoms with Crippen molar-refractivity contribution >= 4 is 21.9 Å². The lowest BCUT2D eigenvalue weighted by molar-refractivity contribution is -0.139. The van der Waals surface area contributed by atoms with E-state index >= 15 is 0 Å². The maximum absolute atomic E-state index is 10.9. The fourth-order valence-corrected chi connectivity index (χ4v) is 2.12. The molecule has 1 unspecified atom stereocenters. The number of hydrogen-bond donors (Lipinski definition) is 1. The average molecular weight is 300 g/mol. The molecular formula is C13H18BrNO2. The molecule has 0 aliphatic carbocycles. The molecule has 3 nitrogen and oxygen atoms in total. The van der Waals surface area contributed by atoms with E-state index in [1.165, 1.54) is 0 Å². The molecule has 0 bridgehead atoms. The Kier molecular flexibility index (Phi) is 5.15. The van der Waals surface area contributed by atoms with Gasteiger partial charge in [-0.1, -0.05) is 28.1 Å². The third kappa shape index (κ3) is 4.13. The van der Waals surface area contributed by atoms with Crippen molar-refractivity contribution in [3.8, 4) is 0 Å². The Balaban J connectivity index is 2.87. The molecule has 1 aromatic carbocycles. The Morgan fingerprint density at radius 2 is 1.82 bits per heavy atom. The van der Waals surface area contributed by atoms with Crippen LogP contribution < -0.4 is 0 Å². The van der Waals surface area contributed by atoms with Crippen LogP contribution >= 0.6 is 15.9 Å². The van der Waals surface area contributed by atoms with Crippen LogP contribution in [0.1, 0.15) is 32.4 Å². The predicted molar refractivity (Wildman–Crippen MR) is 72.0 cm³/mol. The number of carbonyl (C=O) groups is 1. The Labute approximate surface area is 111 Å². The zero-order chi connectivity index (χ0) is 13.0. The van der Waals surface area contributed by atoms with E-state index in [-0.39, 0.29) is 18.6 Å². The molecule has 0 aliphatic heterocycles. The van der Waals surface area contributed by atoms with Crippen molar-refractivity contribution in [1.29, 1.82) is 0 Å². The van der Waals surface area contributed by atoms with Gasteiger partial charge in [-0.2, -0.15) is 0 Å². The molecule has 1 rings (SSSR count). The van der Waals surface area contributed by atoms with Gasteiger partial charge in [0.05, 0.1) is 6.54 Å². The quantitative estimate of drug-likeness (QED) is 0.907. The summed E-state index contributed by atoms with van der Waals surface area (Å²) in [6, 6.07) is 8.29. The molecule has 4 heteroatoms. The predicted octanol–water partition coefficient (Wildman–Crippen LogP) is 3.31. The van der Waals surface area contributed by atoms with E-state index in [0.717, 1.165) is 10.0 Å². The second kappa shape index (κ2) is 6.17. The Bertz CT molecular complexity index is 376. The van der Waals surface area contributed by atoms with E-state index in [0.29, 0.717) is 0 Å². The van der Waals surface area contributed by atoms with Gasteiger partial charge in [-0.15, -0.1) is 0 Å². The van der Waals surface area contributed by atoms with Crippen molar-refractivity contribution < 1.29 is 9.90 Å². The maximum Gasteiger partial charge on any atom is 0.317 e. The second-order valence-corrected chi connectivity index (χ2v) is 5.30. The zero-order valence-corrected chi connectivity index (χ0v) is 11.9. The van der Waals surface area contributed by atoms with Gasteiger partial charge in [-0.05, 0) is 38.5 Å². The molecule has 0 fully saturated rings. The molecule has 0 radical (unpaired) electrons. The van der Waals surface area contributed by atoms with Gasteiger partial charge >= 0.3 is 5.97 Å². The molecule has 0 amide bonds. The minimum absolute atomic E-state index is 0.0644. The summed E-state index contributed by atoms with van der Waals surface area (Å²) >= 11 is 3.39. The molecule has 0 aromatic heterocycles. The molecule has 0 saturated carbocycles. The SMILES string of the molecule is CC(C)N(CC(=O)O)C(C)c1ccc(Br)cc1. The van der Waals surface area contributed by atoms with E-state index in [4.69, 9.17) is 5.11 Å². The van der Waals surface area contributed by atoms with Gasteiger partial charge in [0.25, 0.3) is 0 Å². The average Bonchev–Trinajstić information content (AvgIpc) is 2.25. The standard InChI is InChI=1S/C13H18BrNO2/c1-9(2)15(8-13(16)17)10(3)11-4-6-12(14)7-5-11/h4-7,9-10H,8H2,1-3H3,(H,16,17). The number of carboxylic acid groups (broad SMARTS) is 1. The Hall–Kier alpha value is -0.870. The van der Waals surface area contributed by atoms with Gasteiger partial charge in [0, 0.05) is 16.6 Å². The highest BCUT2D eigenvalue weighted by molar-refractivity contribution is 9.10. The lowest BCUT2D eigenvalue weighted by Gasteiger charge is -2.31. The Morgan fingerprint density at radius 3 is 2.24 bits per heavy atom. The van der Waals surface area contributed by atoms with E-state index in [1.807, 2.05) is 49.9 Å². The lowest BCUT2D eigenvalue weighted by Crippen LogP contribution is -2.37. The van der Waals surface area contributed by atoms with Crippen molar-refractivity contribution in [2.24, 2.45) is 0 Å². The van der Waals surface area contributed by atoms with Crippen molar-refractivity contribution in [1.82, 2.24) is 4.90 Å². The third-order valence-corrected chi connectivity index (χ3v) is 3.36. The summed E-state index contributed by atoms with van der Waals surface area (Å²) in [5.41, 5.74) is 1.13. The molecule has 0 saturated heterocycles. The van der Waals surface area contributed by atoms with E-state index in [9.17, 15) is 4.79 Å². The van der Waals surface area contributed by atoms with Crippen LogP contribution in [0, 0.1) is 0 Å². The molecule has 1 aromatic rings. The smallest absolute Gasteiger partial charge is 0.317 e. The first-order valence-electron chi connectivity index (χ1n) is 5.64. The monoisotopic (exact) mass is 299 g/mol. The summed E-state index contributed by atoms with van der Waals surface area (Å²) in [7, 11) is 0. The van der Waals surface area contributed by atoms with Crippen LogP contribution in [0.15, 0.2) is 28.7 Å². The van der Waals surface area contributed by atoms with E-state index < -0.39 is 5.97 Å². The second-order valence-electron chi connectivity index (χ2n) is 4.39. The van der Waals surface area contributed by atoms with Gasteiger partial charge in [0.2, 0.25) is 0 Å². The van der Waals surface area contributed by atoms with Crippen LogP contribution in [0.3, 0.4) is 0 Å². The first-order valence-corrected chi connectivity index (χ1v) is 6.44. The molecule has 1 N–H and O–H groups in total. The molecule has 1 atom stereocenters. The van der Waals surface area contributed by atoms with Crippen molar-refractivity contribution in [2.45, 2.75) is 32.9 Å².